The van der Waals surface area contributed by atoms with Crippen LogP contribution in [0, 0.1) is 0 Å². The van der Waals surface area contributed by atoms with E-state index in [0.717, 1.165) is 21.6 Å². The molecule has 6 nitrogen and oxygen atoms in total. The Bertz CT molecular complexity index is 1090. The number of phenols is 1. The van der Waals surface area contributed by atoms with E-state index in [0.29, 0.717) is 28.2 Å². The fourth-order valence-electron chi connectivity index (χ4n) is 3.04. The van der Waals surface area contributed by atoms with Gasteiger partial charge in [0.15, 0.2) is 5.82 Å². The van der Waals surface area contributed by atoms with E-state index >= 15 is 0 Å². The van der Waals surface area contributed by atoms with Gasteiger partial charge in [0.05, 0.1) is 12.9 Å². The largest absolute Gasteiger partial charge is 0.508 e. The molecule has 2 N–H and O–H groups in total. The first kappa shape index (κ1) is 24.2. The highest BCUT2D eigenvalue weighted by Gasteiger charge is 2.13. The molecule has 0 saturated carbocycles. The summed E-state index contributed by atoms with van der Waals surface area (Å²) >= 11 is 14.3. The Balaban J connectivity index is 1.65. The third-order valence-corrected chi connectivity index (χ3v) is 6.35. The molecule has 0 aliphatic heterocycles. The molecule has 0 radical (unpaired) electrons. The third-order valence-electron chi connectivity index (χ3n) is 4.70. The summed E-state index contributed by atoms with van der Waals surface area (Å²) in [5.74, 6) is 1.14. The lowest BCUT2D eigenvalue weighted by Crippen LogP contribution is -2.15. The zero-order valence-electron chi connectivity index (χ0n) is 17.9. The summed E-state index contributed by atoms with van der Waals surface area (Å²) in [6.45, 7) is 4.06. The van der Waals surface area contributed by atoms with Crippen LogP contribution in [0.15, 0.2) is 47.4 Å². The second-order valence-corrected chi connectivity index (χ2v) is 9.25. The molecular formula is C23H23Cl2N3O3S. The minimum Gasteiger partial charge on any atom is -0.508 e. The SMILES string of the molecule is COc1ccc(NC(=O)CSc2cc(Cl)c(Cc3ccc(O)c(C(C)C)c3)c(Cl)c2)nn1. The summed E-state index contributed by atoms with van der Waals surface area (Å²) in [5, 5.41) is 21.5. The molecule has 3 rings (SSSR count). The number of nitrogens with zero attached hydrogens (tertiary/aromatic N) is 2. The standard InChI is InChI=1S/C23H23Cl2N3O3S/c1-13(2)16-8-14(4-5-20(16)29)9-17-18(24)10-15(11-19(17)25)32-12-22(30)26-21-6-7-23(31-3)28-27-21/h4-8,10-11,13,29H,9,12H2,1-3H3,(H,26,27,30). The predicted molar refractivity (Wildman–Crippen MR) is 129 cm³/mol. The van der Waals surface area contributed by atoms with Crippen molar-refractivity contribution in [2.75, 3.05) is 18.2 Å². The van der Waals surface area contributed by atoms with Crippen molar-refractivity contribution in [3.05, 3.63) is 69.2 Å². The van der Waals surface area contributed by atoms with Gasteiger partial charge in [-0.3, -0.25) is 4.79 Å². The van der Waals surface area contributed by atoms with Gasteiger partial charge >= 0.3 is 0 Å². The highest BCUT2D eigenvalue weighted by molar-refractivity contribution is 8.00. The molecule has 0 fully saturated rings. The number of anilines is 1. The molecule has 0 atom stereocenters. The van der Waals surface area contributed by atoms with Crippen molar-refractivity contribution in [1.29, 1.82) is 0 Å². The van der Waals surface area contributed by atoms with Crippen molar-refractivity contribution >= 4 is 46.7 Å². The average Bonchev–Trinajstić information content (AvgIpc) is 2.76. The summed E-state index contributed by atoms with van der Waals surface area (Å²) in [5.41, 5.74) is 2.70. The topological polar surface area (TPSA) is 84.3 Å². The number of phenolic OH excluding ortho intramolecular Hbond substituents is 1. The van der Waals surface area contributed by atoms with Crippen LogP contribution in [-0.4, -0.2) is 34.1 Å². The van der Waals surface area contributed by atoms with Crippen LogP contribution in [0.5, 0.6) is 11.6 Å². The molecule has 9 heteroatoms. The first-order valence-corrected chi connectivity index (χ1v) is 11.6. The first-order chi connectivity index (χ1) is 15.3. The number of amides is 1. The Kier molecular flexibility index (Phi) is 8.23. The van der Waals surface area contributed by atoms with Crippen molar-refractivity contribution < 1.29 is 14.6 Å². The lowest BCUT2D eigenvalue weighted by molar-refractivity contribution is -0.113. The van der Waals surface area contributed by atoms with Crippen LogP contribution in [0.1, 0.15) is 36.5 Å². The number of ether oxygens (including phenoxy) is 1. The van der Waals surface area contributed by atoms with Gasteiger partial charge in [0.25, 0.3) is 0 Å². The summed E-state index contributed by atoms with van der Waals surface area (Å²) in [6.07, 6.45) is 0.541. The van der Waals surface area contributed by atoms with E-state index in [1.165, 1.54) is 18.9 Å². The van der Waals surface area contributed by atoms with Crippen LogP contribution in [0.25, 0.3) is 0 Å². The van der Waals surface area contributed by atoms with E-state index < -0.39 is 0 Å². The number of benzene rings is 2. The molecular weight excluding hydrogens is 469 g/mol. The van der Waals surface area contributed by atoms with E-state index in [4.69, 9.17) is 27.9 Å². The number of hydrogen-bond donors (Lipinski definition) is 2. The average molecular weight is 492 g/mol. The van der Waals surface area contributed by atoms with Gasteiger partial charge in [-0.15, -0.1) is 22.0 Å². The van der Waals surface area contributed by atoms with E-state index in [2.05, 4.69) is 15.5 Å². The summed E-state index contributed by atoms with van der Waals surface area (Å²) < 4.78 is 4.94. The Hall–Kier alpha value is -2.48. The van der Waals surface area contributed by atoms with Gasteiger partial charge in [0, 0.05) is 27.4 Å². The number of nitrogens with one attached hydrogen (secondary N) is 1. The highest BCUT2D eigenvalue weighted by Crippen LogP contribution is 2.34. The third kappa shape index (κ3) is 6.28. The number of rotatable bonds is 8. The van der Waals surface area contributed by atoms with Gasteiger partial charge in [-0.2, -0.15) is 0 Å². The smallest absolute Gasteiger partial charge is 0.235 e. The molecule has 3 aromatic rings. The second kappa shape index (κ2) is 10.9. The molecule has 32 heavy (non-hydrogen) atoms. The van der Waals surface area contributed by atoms with Gasteiger partial charge in [0.2, 0.25) is 11.8 Å². The molecule has 0 saturated heterocycles. The molecule has 0 spiro atoms. The zero-order chi connectivity index (χ0) is 23.3. The zero-order valence-corrected chi connectivity index (χ0v) is 20.2. The maximum absolute atomic E-state index is 12.2. The van der Waals surface area contributed by atoms with Crippen LogP contribution < -0.4 is 10.1 Å². The lowest BCUT2D eigenvalue weighted by atomic mass is 9.96. The lowest BCUT2D eigenvalue weighted by Gasteiger charge is -2.13. The molecule has 1 heterocycles. The number of carbonyl (C=O) groups excluding carboxylic acids is 1. The molecule has 1 amide bonds. The predicted octanol–water partition coefficient (Wildman–Crippen LogP) is 5.94. The molecule has 2 aromatic carbocycles. The van der Waals surface area contributed by atoms with E-state index in [1.807, 2.05) is 26.0 Å². The van der Waals surface area contributed by atoms with Gasteiger partial charge in [-0.05, 0) is 46.9 Å². The quantitative estimate of drug-likeness (QED) is 0.379. The Morgan fingerprint density at radius 1 is 1.12 bits per heavy atom. The second-order valence-electron chi connectivity index (χ2n) is 7.39. The number of carbonyl (C=O) groups is 1. The van der Waals surface area contributed by atoms with Crippen LogP contribution in [0.3, 0.4) is 0 Å². The molecule has 0 aliphatic rings. The fourth-order valence-corrected chi connectivity index (χ4v) is 4.56. The van der Waals surface area contributed by atoms with E-state index in [1.54, 1.807) is 30.3 Å². The number of halogens is 2. The van der Waals surface area contributed by atoms with Crippen LogP contribution >= 0.6 is 35.0 Å². The van der Waals surface area contributed by atoms with Gasteiger partial charge in [-0.25, -0.2) is 0 Å². The number of aromatic nitrogens is 2. The van der Waals surface area contributed by atoms with Crippen molar-refractivity contribution in [3.63, 3.8) is 0 Å². The normalized spacial score (nSPS) is 10.9. The van der Waals surface area contributed by atoms with Gasteiger partial charge in [0.1, 0.15) is 5.75 Å². The maximum atomic E-state index is 12.2. The fraction of sp³-hybridized carbons (Fsp3) is 0.261. The Morgan fingerprint density at radius 2 is 1.84 bits per heavy atom. The molecule has 0 unspecified atom stereocenters. The van der Waals surface area contributed by atoms with E-state index in [-0.39, 0.29) is 23.3 Å². The molecule has 0 aliphatic carbocycles. The highest BCUT2D eigenvalue weighted by atomic mass is 35.5. The first-order valence-electron chi connectivity index (χ1n) is 9.87. The van der Waals surface area contributed by atoms with Crippen LogP contribution in [0.4, 0.5) is 5.82 Å². The number of aromatic hydroxyl groups is 1. The van der Waals surface area contributed by atoms with Crippen LogP contribution in [0.2, 0.25) is 10.0 Å². The number of methoxy groups -OCH3 is 1. The Labute approximate surface area is 201 Å². The van der Waals surface area contributed by atoms with Crippen molar-refractivity contribution in [1.82, 2.24) is 10.2 Å². The minimum atomic E-state index is -0.226. The minimum absolute atomic E-state index is 0.162. The molecule has 0 bridgehead atoms. The summed E-state index contributed by atoms with van der Waals surface area (Å²) in [7, 11) is 1.49. The molecule has 168 valence electrons. The monoisotopic (exact) mass is 491 g/mol. The van der Waals surface area contributed by atoms with Crippen molar-refractivity contribution in [3.8, 4) is 11.6 Å². The maximum Gasteiger partial charge on any atom is 0.235 e. The van der Waals surface area contributed by atoms with Gasteiger partial charge in [-0.1, -0.05) is 49.2 Å². The summed E-state index contributed by atoms with van der Waals surface area (Å²) in [4.78, 5) is 13.0. The van der Waals surface area contributed by atoms with Crippen molar-refractivity contribution in [2.45, 2.75) is 31.1 Å². The molecule has 1 aromatic heterocycles. The van der Waals surface area contributed by atoms with Crippen molar-refractivity contribution in [2.24, 2.45) is 0 Å². The van der Waals surface area contributed by atoms with Gasteiger partial charge < -0.3 is 15.2 Å². The Morgan fingerprint density at radius 3 is 2.44 bits per heavy atom. The van der Waals surface area contributed by atoms with E-state index in [9.17, 15) is 9.90 Å². The number of thioether (sulfide) groups is 1. The summed E-state index contributed by atoms with van der Waals surface area (Å²) in [6, 6.07) is 12.4. The van der Waals surface area contributed by atoms with Crippen LogP contribution in [-0.2, 0) is 11.2 Å². The number of hydrogen-bond acceptors (Lipinski definition) is 6.